The van der Waals surface area contributed by atoms with Crippen LogP contribution in [-0.4, -0.2) is 23.8 Å². The Morgan fingerprint density at radius 3 is 2.54 bits per heavy atom. The first-order valence-corrected chi connectivity index (χ1v) is 8.26. The molecule has 1 heterocycles. The zero-order chi connectivity index (χ0) is 18.4. The lowest BCUT2D eigenvalue weighted by molar-refractivity contribution is -0.120. The first-order valence-electron chi connectivity index (χ1n) is 8.26. The number of nitrogens with one attached hydrogen (secondary N) is 2. The number of anilines is 1. The summed E-state index contributed by atoms with van der Waals surface area (Å²) in [5.74, 6) is 0.409. The molecule has 6 nitrogen and oxygen atoms in total. The van der Waals surface area contributed by atoms with Gasteiger partial charge in [0.05, 0.1) is 6.20 Å². The van der Waals surface area contributed by atoms with Crippen molar-refractivity contribution in [2.45, 2.75) is 12.8 Å². The van der Waals surface area contributed by atoms with Gasteiger partial charge in [0.1, 0.15) is 0 Å². The van der Waals surface area contributed by atoms with Crippen LogP contribution in [0.1, 0.15) is 22.3 Å². The van der Waals surface area contributed by atoms with Gasteiger partial charge in [0.2, 0.25) is 5.91 Å². The van der Waals surface area contributed by atoms with Gasteiger partial charge in [0, 0.05) is 30.3 Å². The Kier molecular flexibility index (Phi) is 5.43. The number of nitrogens with zero attached hydrogens (tertiary/aromatic N) is 1. The minimum atomic E-state index is -0.207. The number of aromatic nitrogens is 1. The minimum Gasteiger partial charge on any atom is -0.444 e. The summed E-state index contributed by atoms with van der Waals surface area (Å²) in [5.41, 5.74) is 3.02. The molecule has 132 valence electrons. The van der Waals surface area contributed by atoms with Crippen LogP contribution in [0.25, 0.3) is 11.3 Å². The number of hydrogen-bond acceptors (Lipinski definition) is 4. The predicted molar refractivity (Wildman–Crippen MR) is 98.7 cm³/mol. The van der Waals surface area contributed by atoms with E-state index >= 15 is 0 Å². The molecular weight excluding hydrogens is 330 g/mol. The van der Waals surface area contributed by atoms with Crippen molar-refractivity contribution in [2.24, 2.45) is 0 Å². The van der Waals surface area contributed by atoms with E-state index in [1.807, 2.05) is 36.4 Å². The molecule has 0 atom stereocenters. The van der Waals surface area contributed by atoms with E-state index in [-0.39, 0.29) is 11.8 Å². The predicted octanol–water partition coefficient (Wildman–Crippen LogP) is 3.27. The summed E-state index contributed by atoms with van der Waals surface area (Å²) in [4.78, 5) is 27.9. The van der Waals surface area contributed by atoms with Gasteiger partial charge in [0.25, 0.3) is 5.91 Å². The molecule has 0 aliphatic carbocycles. The number of hydrogen-bond donors (Lipinski definition) is 2. The van der Waals surface area contributed by atoms with Crippen molar-refractivity contribution in [3.8, 4) is 11.3 Å². The highest BCUT2D eigenvalue weighted by molar-refractivity contribution is 6.04. The summed E-state index contributed by atoms with van der Waals surface area (Å²) < 4.78 is 5.24. The fraction of sp³-hybridized carbons (Fsp3) is 0.150. The van der Waals surface area contributed by atoms with Crippen molar-refractivity contribution < 1.29 is 14.0 Å². The number of amides is 2. The topological polar surface area (TPSA) is 84.2 Å². The molecule has 0 unspecified atom stereocenters. The van der Waals surface area contributed by atoms with Gasteiger partial charge >= 0.3 is 0 Å². The van der Waals surface area contributed by atoms with Gasteiger partial charge in [0.15, 0.2) is 12.2 Å². The Morgan fingerprint density at radius 1 is 1.08 bits per heavy atom. The molecule has 1 aromatic heterocycles. The average Bonchev–Trinajstić information content (AvgIpc) is 3.22. The van der Waals surface area contributed by atoms with Crippen LogP contribution in [0.5, 0.6) is 0 Å². The van der Waals surface area contributed by atoms with E-state index in [1.165, 1.54) is 6.39 Å². The maximum absolute atomic E-state index is 12.5. The van der Waals surface area contributed by atoms with Crippen LogP contribution >= 0.6 is 0 Å². The monoisotopic (exact) mass is 349 g/mol. The second kappa shape index (κ2) is 8.11. The first kappa shape index (κ1) is 17.4. The number of benzene rings is 2. The molecule has 0 aliphatic heterocycles. The largest absolute Gasteiger partial charge is 0.444 e. The fourth-order valence-corrected chi connectivity index (χ4v) is 2.57. The maximum atomic E-state index is 12.5. The van der Waals surface area contributed by atoms with Crippen LogP contribution in [0.2, 0.25) is 0 Å². The van der Waals surface area contributed by atoms with E-state index in [9.17, 15) is 9.59 Å². The second-order valence-electron chi connectivity index (χ2n) is 5.73. The van der Waals surface area contributed by atoms with E-state index in [4.69, 9.17) is 4.42 Å². The minimum absolute atomic E-state index is 0.0332. The van der Waals surface area contributed by atoms with Crippen molar-refractivity contribution in [1.29, 1.82) is 0 Å². The van der Waals surface area contributed by atoms with Gasteiger partial charge in [-0.3, -0.25) is 9.59 Å². The molecule has 0 bridgehead atoms. The lowest BCUT2D eigenvalue weighted by atomic mass is 10.1. The molecule has 0 radical (unpaired) electrons. The molecule has 2 N–H and O–H groups in total. The van der Waals surface area contributed by atoms with E-state index in [0.717, 1.165) is 11.1 Å². The van der Waals surface area contributed by atoms with Crippen LogP contribution in [0, 0.1) is 0 Å². The second-order valence-corrected chi connectivity index (χ2v) is 5.73. The smallest absolute Gasteiger partial charge is 0.255 e. The summed E-state index contributed by atoms with van der Waals surface area (Å²) in [6.45, 7) is 0. The van der Waals surface area contributed by atoms with Crippen LogP contribution in [-0.2, 0) is 11.2 Å². The van der Waals surface area contributed by atoms with Crippen LogP contribution in [0.3, 0.4) is 0 Å². The maximum Gasteiger partial charge on any atom is 0.255 e. The molecule has 26 heavy (non-hydrogen) atoms. The van der Waals surface area contributed by atoms with Gasteiger partial charge in [-0.05, 0) is 30.2 Å². The standard InChI is InChI=1S/C20H19N3O3/c1-21-19(24)11-10-14-4-2-3-5-17(14)23-20(25)16-8-6-15(7-9-16)18-12-22-13-26-18/h2-9,12-13H,10-11H2,1H3,(H,21,24)(H,23,25). The fourth-order valence-electron chi connectivity index (χ4n) is 2.57. The Hall–Kier alpha value is -3.41. The van der Waals surface area contributed by atoms with Gasteiger partial charge in [-0.25, -0.2) is 4.98 Å². The molecule has 3 rings (SSSR count). The quantitative estimate of drug-likeness (QED) is 0.715. The number of rotatable bonds is 6. The Labute approximate surface area is 151 Å². The van der Waals surface area contributed by atoms with Crippen LogP contribution in [0.4, 0.5) is 5.69 Å². The average molecular weight is 349 g/mol. The van der Waals surface area contributed by atoms with Gasteiger partial charge in [-0.1, -0.05) is 30.3 Å². The molecule has 6 heteroatoms. The number of oxazole rings is 1. The van der Waals surface area contributed by atoms with Crippen molar-refractivity contribution >= 4 is 17.5 Å². The van der Waals surface area contributed by atoms with Gasteiger partial charge in [-0.15, -0.1) is 0 Å². The molecule has 0 aliphatic rings. The van der Waals surface area contributed by atoms with Gasteiger partial charge in [-0.2, -0.15) is 0 Å². The Balaban J connectivity index is 1.71. The third-order valence-electron chi connectivity index (χ3n) is 4.03. The third kappa shape index (κ3) is 4.16. The third-order valence-corrected chi connectivity index (χ3v) is 4.03. The highest BCUT2D eigenvalue weighted by atomic mass is 16.3. The van der Waals surface area contributed by atoms with E-state index in [2.05, 4.69) is 15.6 Å². The summed E-state index contributed by atoms with van der Waals surface area (Å²) >= 11 is 0. The summed E-state index contributed by atoms with van der Waals surface area (Å²) in [7, 11) is 1.61. The molecule has 2 amide bonds. The lowest BCUT2D eigenvalue weighted by Gasteiger charge is -2.11. The molecule has 0 saturated heterocycles. The molecule has 0 fully saturated rings. The molecule has 0 spiro atoms. The van der Waals surface area contributed by atoms with Crippen LogP contribution < -0.4 is 10.6 Å². The zero-order valence-electron chi connectivity index (χ0n) is 14.4. The highest BCUT2D eigenvalue weighted by Gasteiger charge is 2.11. The van der Waals surface area contributed by atoms with Crippen molar-refractivity contribution in [1.82, 2.24) is 10.3 Å². The van der Waals surface area contributed by atoms with Crippen molar-refractivity contribution in [3.05, 3.63) is 72.2 Å². The summed E-state index contributed by atoms with van der Waals surface area (Å²) in [6, 6.07) is 14.6. The highest BCUT2D eigenvalue weighted by Crippen LogP contribution is 2.21. The lowest BCUT2D eigenvalue weighted by Crippen LogP contribution is -2.18. The van der Waals surface area contributed by atoms with E-state index in [1.54, 1.807) is 25.4 Å². The number of carbonyl (C=O) groups is 2. The van der Waals surface area contributed by atoms with Gasteiger partial charge < -0.3 is 15.1 Å². The Morgan fingerprint density at radius 2 is 1.85 bits per heavy atom. The zero-order valence-corrected chi connectivity index (χ0v) is 14.4. The summed E-state index contributed by atoms with van der Waals surface area (Å²) in [6.07, 6.45) is 3.92. The SMILES string of the molecule is CNC(=O)CCc1ccccc1NC(=O)c1ccc(-c2cnco2)cc1. The normalized spacial score (nSPS) is 10.3. The number of aryl methyl sites for hydroxylation is 1. The molecule has 3 aromatic rings. The molecule has 0 saturated carbocycles. The number of carbonyl (C=O) groups excluding carboxylic acids is 2. The Bertz CT molecular complexity index is 887. The summed E-state index contributed by atoms with van der Waals surface area (Å²) in [5, 5.41) is 5.52. The molecule has 2 aromatic carbocycles. The molecular formula is C20H19N3O3. The van der Waals surface area contributed by atoms with Crippen molar-refractivity contribution in [3.63, 3.8) is 0 Å². The van der Waals surface area contributed by atoms with E-state index in [0.29, 0.717) is 29.9 Å². The number of para-hydroxylation sites is 1. The first-order chi connectivity index (χ1) is 12.7. The van der Waals surface area contributed by atoms with Crippen molar-refractivity contribution in [2.75, 3.05) is 12.4 Å². The van der Waals surface area contributed by atoms with E-state index < -0.39 is 0 Å². The van der Waals surface area contributed by atoms with Crippen LogP contribution in [0.15, 0.2) is 65.5 Å².